The van der Waals surface area contributed by atoms with Crippen LogP contribution >= 0.6 is 0 Å². The van der Waals surface area contributed by atoms with Crippen LogP contribution in [0.1, 0.15) is 61.9 Å². The van der Waals surface area contributed by atoms with Gasteiger partial charge in [0.1, 0.15) is 17.8 Å². The second kappa shape index (κ2) is 19.0. The molecule has 0 saturated carbocycles. The number of anilines is 1. The van der Waals surface area contributed by atoms with Gasteiger partial charge in [0.25, 0.3) is 11.8 Å². The molecule has 1 atom stereocenters. The first-order chi connectivity index (χ1) is 28.6. The largest absolute Gasteiger partial charge is 0.488 e. The maximum atomic E-state index is 12.5. The van der Waals surface area contributed by atoms with Crippen molar-refractivity contribution in [1.29, 1.82) is 10.5 Å². The Kier molecular flexibility index (Phi) is 13.2. The highest BCUT2D eigenvalue weighted by Crippen LogP contribution is 2.34. The van der Waals surface area contributed by atoms with E-state index >= 15 is 0 Å². The van der Waals surface area contributed by atoms with Crippen molar-refractivity contribution in [3.05, 3.63) is 149 Å². The Balaban J connectivity index is 0.000000236. The van der Waals surface area contributed by atoms with Crippen molar-refractivity contribution >= 4 is 47.2 Å². The molecule has 294 valence electrons. The molecule has 0 aliphatic carbocycles. The predicted molar refractivity (Wildman–Crippen MR) is 221 cm³/mol. The van der Waals surface area contributed by atoms with E-state index in [-0.39, 0.29) is 23.8 Å². The number of fused-ring (bicyclic) bond motifs is 1. The number of carbonyl (C=O) groups is 3. The van der Waals surface area contributed by atoms with Gasteiger partial charge in [-0.25, -0.2) is 14.6 Å². The molecule has 0 unspecified atom stereocenters. The number of aromatic nitrogens is 4. The molecule has 2 aromatic heterocycles. The second-order valence-electron chi connectivity index (χ2n) is 13.6. The maximum Gasteiger partial charge on any atom is 0.488 e. The number of rotatable bonds is 10. The number of benzene rings is 4. The molecular weight excluding hydrogens is 747 g/mol. The van der Waals surface area contributed by atoms with Crippen molar-refractivity contribution in [2.45, 2.75) is 32.0 Å². The zero-order valence-corrected chi connectivity index (χ0v) is 31.8. The number of nitrogens with two attached hydrogens (primary N) is 1. The van der Waals surface area contributed by atoms with E-state index < -0.39 is 7.12 Å². The minimum absolute atomic E-state index is 0.0489. The van der Waals surface area contributed by atoms with Crippen LogP contribution in [0.2, 0.25) is 0 Å². The Morgan fingerprint density at radius 3 is 1.98 bits per heavy atom. The quantitative estimate of drug-likeness (QED) is 0.0997. The van der Waals surface area contributed by atoms with E-state index in [1.807, 2.05) is 41.1 Å². The molecule has 16 heteroatoms. The van der Waals surface area contributed by atoms with Crippen LogP contribution in [0.15, 0.2) is 116 Å². The van der Waals surface area contributed by atoms with Crippen molar-refractivity contribution in [3.63, 3.8) is 0 Å². The van der Waals surface area contributed by atoms with Crippen LogP contribution < -0.4 is 21.8 Å². The zero-order chi connectivity index (χ0) is 41.9. The monoisotopic (exact) mass is 786 g/mol. The van der Waals surface area contributed by atoms with Gasteiger partial charge >= 0.3 is 7.12 Å². The third-order valence-corrected chi connectivity index (χ3v) is 9.67. The van der Waals surface area contributed by atoms with Crippen molar-refractivity contribution in [3.8, 4) is 23.4 Å². The Morgan fingerprint density at radius 2 is 1.44 bits per heavy atom. The number of hydrogen-bond acceptors (Lipinski definition) is 11. The highest BCUT2D eigenvalue weighted by molar-refractivity contribution is 6.58. The van der Waals surface area contributed by atoms with Crippen molar-refractivity contribution in [2.24, 2.45) is 0 Å². The smallest absolute Gasteiger partial charge is 0.423 e. The average molecular weight is 787 g/mol. The summed E-state index contributed by atoms with van der Waals surface area (Å²) < 4.78 is 1.86. The molecule has 59 heavy (non-hydrogen) atoms. The molecule has 1 saturated heterocycles. The molecule has 15 nitrogen and oxygen atoms in total. The molecule has 1 aliphatic rings. The first-order valence-electron chi connectivity index (χ1n) is 18.6. The summed E-state index contributed by atoms with van der Waals surface area (Å²) in [7, 11) is -1.50. The lowest BCUT2D eigenvalue weighted by Gasteiger charge is -2.32. The third kappa shape index (κ3) is 10.0. The molecule has 6 N–H and O–H groups in total. The van der Waals surface area contributed by atoms with Crippen LogP contribution in [0.5, 0.6) is 0 Å². The molecule has 4 aromatic carbocycles. The number of nitrogens with one attached hydrogen (secondary N) is 2. The summed E-state index contributed by atoms with van der Waals surface area (Å²) in [6.45, 7) is 5.45. The fourth-order valence-electron chi connectivity index (χ4n) is 6.55. The van der Waals surface area contributed by atoms with Crippen LogP contribution in [0.25, 0.3) is 22.3 Å². The van der Waals surface area contributed by atoms with Crippen molar-refractivity contribution in [2.75, 3.05) is 18.8 Å². The summed E-state index contributed by atoms with van der Waals surface area (Å²) in [5.74, 6) is -0.279. The number of amides is 3. The van der Waals surface area contributed by atoms with Gasteiger partial charge in [0.2, 0.25) is 5.91 Å². The SMILES string of the molecule is C=CC(=O)N1CCC[C@@H](n2nc(-c3ccc(CNC(=O)c4cccc(C#N)c4)cc3)c3c(N)ncnc32)C1.N#Cc1cccc(C(=O)NCc2ccc(B(O)O)cc2)c1. The van der Waals surface area contributed by atoms with E-state index in [4.69, 9.17) is 31.4 Å². The number of nitriles is 2. The summed E-state index contributed by atoms with van der Waals surface area (Å²) in [5.41, 5.74) is 12.3. The number of piperidine rings is 1. The minimum atomic E-state index is -1.50. The van der Waals surface area contributed by atoms with Crippen LogP contribution in [0.3, 0.4) is 0 Å². The highest BCUT2D eigenvalue weighted by Gasteiger charge is 2.28. The maximum absolute atomic E-state index is 12.5. The highest BCUT2D eigenvalue weighted by atomic mass is 16.4. The predicted octanol–water partition coefficient (Wildman–Crippen LogP) is 3.39. The lowest BCUT2D eigenvalue weighted by molar-refractivity contribution is -0.127. The topological polar surface area (TPSA) is 236 Å². The van der Waals surface area contributed by atoms with Crippen molar-refractivity contribution in [1.82, 2.24) is 35.3 Å². The van der Waals surface area contributed by atoms with E-state index in [0.29, 0.717) is 76.4 Å². The van der Waals surface area contributed by atoms with E-state index in [2.05, 4.69) is 27.2 Å². The van der Waals surface area contributed by atoms with E-state index in [1.54, 1.807) is 71.6 Å². The normalized spacial score (nSPS) is 13.2. The summed E-state index contributed by atoms with van der Waals surface area (Å²) >= 11 is 0. The Bertz CT molecular complexity index is 2580. The van der Waals surface area contributed by atoms with Gasteiger partial charge < -0.3 is 31.3 Å². The Hall–Kier alpha value is -7.66. The molecule has 0 spiro atoms. The lowest BCUT2D eigenvalue weighted by Crippen LogP contribution is -2.40. The fourth-order valence-corrected chi connectivity index (χ4v) is 6.55. The lowest BCUT2D eigenvalue weighted by atomic mass is 9.80. The summed E-state index contributed by atoms with van der Waals surface area (Å²) in [5, 5.41) is 47.0. The molecule has 3 heterocycles. The molecule has 0 bridgehead atoms. The van der Waals surface area contributed by atoms with Gasteiger partial charge in [-0.3, -0.25) is 14.4 Å². The zero-order valence-electron chi connectivity index (χ0n) is 31.8. The number of likely N-dealkylation sites (tertiary alicyclic amines) is 1. The molecule has 6 aromatic rings. The van der Waals surface area contributed by atoms with Gasteiger partial charge in [-0.1, -0.05) is 67.2 Å². The molecule has 1 fully saturated rings. The number of nitrogen functional groups attached to an aromatic ring is 1. The number of carbonyl (C=O) groups excluding carboxylic acids is 3. The van der Waals surface area contributed by atoms with Gasteiger partial charge in [-0.15, -0.1) is 0 Å². The van der Waals surface area contributed by atoms with E-state index in [9.17, 15) is 14.4 Å². The first-order valence-corrected chi connectivity index (χ1v) is 18.6. The molecule has 3 amide bonds. The first kappa shape index (κ1) is 41.0. The van der Waals surface area contributed by atoms with Gasteiger partial charge in [0, 0.05) is 42.9 Å². The fraction of sp³-hybridized carbons (Fsp3) is 0.163. The van der Waals surface area contributed by atoms with Gasteiger partial charge in [-0.05, 0) is 71.9 Å². The molecule has 0 radical (unpaired) electrons. The summed E-state index contributed by atoms with van der Waals surface area (Å²) in [6.07, 6.45) is 4.47. The van der Waals surface area contributed by atoms with Crippen molar-refractivity contribution < 1.29 is 24.4 Å². The number of hydrogen-bond donors (Lipinski definition) is 5. The van der Waals surface area contributed by atoms with E-state index in [1.165, 1.54) is 18.5 Å². The van der Waals surface area contributed by atoms with E-state index in [0.717, 1.165) is 29.5 Å². The van der Waals surface area contributed by atoms with Crippen LogP contribution in [0, 0.1) is 22.7 Å². The van der Waals surface area contributed by atoms with Gasteiger partial charge in [0.05, 0.1) is 34.7 Å². The average Bonchev–Trinajstić information content (AvgIpc) is 3.68. The Morgan fingerprint density at radius 1 is 0.864 bits per heavy atom. The summed E-state index contributed by atoms with van der Waals surface area (Å²) in [6, 6.07) is 31.3. The second-order valence-corrected chi connectivity index (χ2v) is 13.6. The van der Waals surface area contributed by atoms with Gasteiger partial charge in [-0.2, -0.15) is 15.6 Å². The minimum Gasteiger partial charge on any atom is -0.423 e. The molecular formula is C43H39BN10O5. The number of nitrogens with zero attached hydrogens (tertiary/aromatic N) is 7. The molecule has 7 rings (SSSR count). The third-order valence-electron chi connectivity index (χ3n) is 9.67. The Labute approximate surface area is 340 Å². The molecule has 1 aliphatic heterocycles. The summed E-state index contributed by atoms with van der Waals surface area (Å²) in [4.78, 5) is 47.1. The van der Waals surface area contributed by atoms with Crippen LogP contribution in [0.4, 0.5) is 5.82 Å². The standard InChI is InChI=1S/C28H26N8O2.C15H13BN2O3/c1-2-23(37)35-12-4-7-22(16-35)36-27-24(26(30)32-17-33-27)25(34-36)20-10-8-18(9-11-20)15-31-28(38)21-6-3-5-19(13-21)14-29;17-9-12-2-1-3-13(8-12)15(19)18-10-11-4-6-14(7-5-11)16(20)21/h2-3,5-6,8-11,13,17,22H,1,4,7,12,15-16H2,(H,31,38)(H2,30,32,33);1-8,20-21H,10H2,(H,18,19)/t22-;/m1./s1. The van der Waals surface area contributed by atoms with Crippen LogP contribution in [-0.2, 0) is 17.9 Å². The van der Waals surface area contributed by atoms with Crippen LogP contribution in [-0.4, -0.2) is 72.6 Å². The van der Waals surface area contributed by atoms with Gasteiger partial charge in [0.15, 0.2) is 5.65 Å².